The lowest BCUT2D eigenvalue weighted by Gasteiger charge is -2.03. The van der Waals surface area contributed by atoms with Gasteiger partial charge in [0.25, 0.3) is 5.91 Å². The van der Waals surface area contributed by atoms with Crippen LogP contribution in [0.2, 0.25) is 0 Å². The Labute approximate surface area is 121 Å². The van der Waals surface area contributed by atoms with Gasteiger partial charge in [-0.15, -0.1) is 0 Å². The lowest BCUT2D eigenvalue weighted by Crippen LogP contribution is -2.22. The van der Waals surface area contributed by atoms with Crippen molar-refractivity contribution in [1.29, 1.82) is 0 Å². The first kappa shape index (κ1) is 13.1. The molecule has 0 bridgehead atoms. The highest BCUT2D eigenvalue weighted by molar-refractivity contribution is 5.91. The van der Waals surface area contributed by atoms with Crippen molar-refractivity contribution in [2.75, 3.05) is 0 Å². The van der Waals surface area contributed by atoms with Gasteiger partial charge in [-0.2, -0.15) is 5.10 Å². The summed E-state index contributed by atoms with van der Waals surface area (Å²) in [5.41, 5.74) is 0.988. The van der Waals surface area contributed by atoms with E-state index in [4.69, 9.17) is 4.42 Å². The Morgan fingerprint density at radius 3 is 2.81 bits per heavy atom. The van der Waals surface area contributed by atoms with Crippen molar-refractivity contribution in [1.82, 2.24) is 20.1 Å². The minimum Gasteiger partial charge on any atom is -0.454 e. The lowest BCUT2D eigenvalue weighted by atomic mass is 10.2. The average Bonchev–Trinajstić information content (AvgIpc) is 3.18. The fourth-order valence-corrected chi connectivity index (χ4v) is 1.91. The van der Waals surface area contributed by atoms with Crippen molar-refractivity contribution in [3.05, 3.63) is 72.2 Å². The molecule has 3 aromatic heterocycles. The van der Waals surface area contributed by atoms with Crippen LogP contribution in [0.25, 0.3) is 0 Å². The molecule has 0 aliphatic heterocycles. The van der Waals surface area contributed by atoms with E-state index in [2.05, 4.69) is 15.4 Å². The molecule has 0 atom stereocenters. The van der Waals surface area contributed by atoms with E-state index in [1.807, 2.05) is 24.4 Å². The van der Waals surface area contributed by atoms with Crippen LogP contribution >= 0.6 is 0 Å². The Hall–Kier alpha value is -2.89. The van der Waals surface area contributed by atoms with E-state index >= 15 is 0 Å². The van der Waals surface area contributed by atoms with Gasteiger partial charge in [0.1, 0.15) is 5.76 Å². The first-order chi connectivity index (χ1) is 10.3. The van der Waals surface area contributed by atoms with Gasteiger partial charge in [-0.05, 0) is 35.9 Å². The zero-order valence-corrected chi connectivity index (χ0v) is 11.3. The van der Waals surface area contributed by atoms with Crippen molar-refractivity contribution < 1.29 is 9.21 Å². The first-order valence-electron chi connectivity index (χ1n) is 6.54. The quantitative estimate of drug-likeness (QED) is 0.775. The summed E-state index contributed by atoms with van der Waals surface area (Å²) < 4.78 is 7.26. The number of rotatable bonds is 5. The Kier molecular flexibility index (Phi) is 3.77. The molecule has 0 aromatic carbocycles. The molecule has 21 heavy (non-hydrogen) atoms. The molecule has 0 saturated heterocycles. The van der Waals surface area contributed by atoms with Crippen molar-refractivity contribution in [3.63, 3.8) is 0 Å². The summed E-state index contributed by atoms with van der Waals surface area (Å²) >= 11 is 0. The maximum Gasteiger partial charge on any atom is 0.287 e. The van der Waals surface area contributed by atoms with E-state index in [-0.39, 0.29) is 5.91 Å². The molecule has 106 valence electrons. The number of pyridine rings is 1. The highest BCUT2D eigenvalue weighted by Crippen LogP contribution is 2.09. The van der Waals surface area contributed by atoms with Crippen LogP contribution in [0.4, 0.5) is 0 Å². The minimum absolute atomic E-state index is 0.237. The fourth-order valence-electron chi connectivity index (χ4n) is 1.91. The van der Waals surface area contributed by atoms with E-state index in [1.165, 1.54) is 0 Å². The van der Waals surface area contributed by atoms with Crippen LogP contribution in [0.3, 0.4) is 0 Å². The number of amides is 1. The van der Waals surface area contributed by atoms with Gasteiger partial charge < -0.3 is 9.73 Å². The fraction of sp³-hybridized carbons (Fsp3) is 0.133. The van der Waals surface area contributed by atoms with Crippen LogP contribution < -0.4 is 5.32 Å². The topological polar surface area (TPSA) is 73.0 Å². The highest BCUT2D eigenvalue weighted by atomic mass is 16.4. The van der Waals surface area contributed by atoms with Crippen LogP contribution in [0.5, 0.6) is 0 Å². The molecular formula is C15H14N4O2. The third-order valence-electron chi connectivity index (χ3n) is 2.96. The second-order valence-electron chi connectivity index (χ2n) is 4.51. The van der Waals surface area contributed by atoms with Gasteiger partial charge in [-0.25, -0.2) is 0 Å². The minimum atomic E-state index is -0.237. The molecule has 0 fully saturated rings. The Bertz CT molecular complexity index is 704. The summed E-state index contributed by atoms with van der Waals surface area (Å²) in [6.07, 6.45) is 6.92. The van der Waals surface area contributed by atoms with Crippen molar-refractivity contribution in [2.45, 2.75) is 13.1 Å². The highest BCUT2D eigenvalue weighted by Gasteiger charge is 2.11. The molecule has 0 aliphatic carbocycles. The third-order valence-corrected chi connectivity index (χ3v) is 2.96. The molecule has 1 N–H and O–H groups in total. The van der Waals surface area contributed by atoms with Gasteiger partial charge in [-0.1, -0.05) is 0 Å². The number of nitrogens with zero attached hydrogens (tertiary/aromatic N) is 3. The molecule has 3 rings (SSSR count). The zero-order chi connectivity index (χ0) is 14.5. The van der Waals surface area contributed by atoms with E-state index in [0.717, 1.165) is 5.56 Å². The van der Waals surface area contributed by atoms with Crippen molar-refractivity contribution in [2.24, 2.45) is 0 Å². The average molecular weight is 282 g/mol. The maximum atomic E-state index is 12.0. The lowest BCUT2D eigenvalue weighted by molar-refractivity contribution is 0.0921. The molecule has 3 heterocycles. The van der Waals surface area contributed by atoms with E-state index in [1.54, 1.807) is 35.4 Å². The molecule has 0 unspecified atom stereocenters. The molecular weight excluding hydrogens is 268 g/mol. The number of furan rings is 1. The van der Waals surface area contributed by atoms with Gasteiger partial charge in [-0.3, -0.25) is 14.5 Å². The van der Waals surface area contributed by atoms with Crippen LogP contribution in [0.1, 0.15) is 21.9 Å². The zero-order valence-electron chi connectivity index (χ0n) is 11.3. The van der Waals surface area contributed by atoms with Crippen LogP contribution in [-0.2, 0) is 13.1 Å². The number of aromatic nitrogens is 3. The molecule has 1 amide bonds. The van der Waals surface area contributed by atoms with Gasteiger partial charge in [0.05, 0.1) is 6.54 Å². The van der Waals surface area contributed by atoms with Crippen molar-refractivity contribution >= 4 is 5.91 Å². The Balaban J connectivity index is 1.59. The number of hydrogen-bond acceptors (Lipinski definition) is 4. The summed E-state index contributed by atoms with van der Waals surface area (Å²) in [6.45, 7) is 0.946. The molecule has 3 aromatic rings. The van der Waals surface area contributed by atoms with Crippen LogP contribution in [0.15, 0.2) is 59.5 Å². The molecule has 6 heteroatoms. The number of hydrogen-bond donors (Lipinski definition) is 1. The van der Waals surface area contributed by atoms with Gasteiger partial charge in [0.15, 0.2) is 5.76 Å². The number of nitrogens with one attached hydrogen (secondary N) is 1. The van der Waals surface area contributed by atoms with E-state index in [9.17, 15) is 4.79 Å². The summed E-state index contributed by atoms with van der Waals surface area (Å²) in [4.78, 5) is 15.9. The summed E-state index contributed by atoms with van der Waals surface area (Å²) in [5.74, 6) is 0.748. The number of carbonyl (C=O) groups is 1. The molecule has 0 saturated carbocycles. The largest absolute Gasteiger partial charge is 0.454 e. The van der Waals surface area contributed by atoms with Crippen LogP contribution in [-0.4, -0.2) is 20.7 Å². The van der Waals surface area contributed by atoms with Gasteiger partial charge in [0, 0.05) is 31.3 Å². The normalized spacial score (nSPS) is 10.5. The predicted molar refractivity (Wildman–Crippen MR) is 75.4 cm³/mol. The summed E-state index contributed by atoms with van der Waals surface area (Å²) in [7, 11) is 0. The second kappa shape index (κ2) is 6.04. The molecule has 0 radical (unpaired) electrons. The smallest absolute Gasteiger partial charge is 0.287 e. The standard InChI is InChI=1S/C15H14N4O2/c20-15(17-10-12-4-7-16-8-5-12)14-3-2-13(21-14)11-19-9-1-6-18-19/h1-9H,10-11H2,(H,17,20). The predicted octanol–water partition coefficient (Wildman–Crippen LogP) is 1.85. The van der Waals surface area contributed by atoms with Gasteiger partial charge in [0.2, 0.25) is 0 Å². The van der Waals surface area contributed by atoms with E-state index < -0.39 is 0 Å². The molecule has 0 spiro atoms. The number of carbonyl (C=O) groups excluding carboxylic acids is 1. The Morgan fingerprint density at radius 2 is 2.05 bits per heavy atom. The SMILES string of the molecule is O=C(NCc1ccncc1)c1ccc(Cn2cccn2)o1. The third kappa shape index (κ3) is 3.36. The second-order valence-corrected chi connectivity index (χ2v) is 4.51. The van der Waals surface area contributed by atoms with Crippen molar-refractivity contribution in [3.8, 4) is 0 Å². The monoisotopic (exact) mass is 282 g/mol. The Morgan fingerprint density at radius 1 is 1.19 bits per heavy atom. The summed E-state index contributed by atoms with van der Waals surface area (Å²) in [6, 6.07) is 8.99. The van der Waals surface area contributed by atoms with Gasteiger partial charge >= 0.3 is 0 Å². The van der Waals surface area contributed by atoms with Crippen LogP contribution in [0, 0.1) is 0 Å². The van der Waals surface area contributed by atoms with E-state index in [0.29, 0.717) is 24.6 Å². The first-order valence-corrected chi connectivity index (χ1v) is 6.54. The maximum absolute atomic E-state index is 12.0. The molecule has 0 aliphatic rings. The molecule has 6 nitrogen and oxygen atoms in total. The summed E-state index contributed by atoms with van der Waals surface area (Å²) in [5, 5.41) is 6.90.